The van der Waals surface area contributed by atoms with E-state index >= 15 is 0 Å². The van der Waals surface area contributed by atoms with Crippen molar-refractivity contribution >= 4 is 5.91 Å². The van der Waals surface area contributed by atoms with Gasteiger partial charge in [0.05, 0.1) is 12.1 Å². The molecule has 3 rings (SSSR count). The Bertz CT molecular complexity index is 469. The van der Waals surface area contributed by atoms with Gasteiger partial charge in [-0.25, -0.2) is 0 Å². The van der Waals surface area contributed by atoms with E-state index in [1.54, 1.807) is 0 Å². The molecule has 1 unspecified atom stereocenters. The van der Waals surface area contributed by atoms with Gasteiger partial charge in [0, 0.05) is 30.6 Å². The Labute approximate surface area is 113 Å². The number of aromatic nitrogens is 1. The van der Waals surface area contributed by atoms with Gasteiger partial charge in [-0.05, 0) is 33.2 Å². The molecule has 104 valence electrons. The van der Waals surface area contributed by atoms with Gasteiger partial charge in [0.15, 0.2) is 0 Å². The second-order valence-electron chi connectivity index (χ2n) is 5.97. The number of nitrogens with one attached hydrogen (secondary N) is 1. The maximum absolute atomic E-state index is 12.4. The lowest BCUT2D eigenvalue weighted by Crippen LogP contribution is -2.34. The summed E-state index contributed by atoms with van der Waals surface area (Å²) in [5, 5.41) is 7.33. The molecule has 2 aliphatic rings. The number of amides is 1. The van der Waals surface area contributed by atoms with Crippen molar-refractivity contribution in [2.45, 2.75) is 33.1 Å². The number of hydrogen-bond acceptors (Lipinski definition) is 4. The molecule has 3 heterocycles. The fourth-order valence-corrected chi connectivity index (χ4v) is 3.31. The highest BCUT2D eigenvalue weighted by molar-refractivity contribution is 5.79. The van der Waals surface area contributed by atoms with E-state index in [0.717, 1.165) is 49.6 Å². The summed E-state index contributed by atoms with van der Waals surface area (Å²) in [6.07, 6.45) is 2.75. The van der Waals surface area contributed by atoms with E-state index in [1.807, 2.05) is 18.7 Å². The van der Waals surface area contributed by atoms with E-state index in [1.165, 1.54) is 6.42 Å². The van der Waals surface area contributed by atoms with Gasteiger partial charge in [-0.1, -0.05) is 5.16 Å². The molecule has 0 aliphatic carbocycles. The van der Waals surface area contributed by atoms with Crippen molar-refractivity contribution in [1.82, 2.24) is 15.4 Å². The van der Waals surface area contributed by atoms with E-state index in [9.17, 15) is 4.79 Å². The number of aryl methyl sites for hydroxylation is 2. The maximum atomic E-state index is 12.4. The summed E-state index contributed by atoms with van der Waals surface area (Å²) in [6.45, 7) is 7.71. The first-order chi connectivity index (χ1) is 9.10. The fourth-order valence-electron chi connectivity index (χ4n) is 3.31. The largest absolute Gasteiger partial charge is 0.361 e. The molecule has 1 amide bonds. The Morgan fingerprint density at radius 1 is 1.47 bits per heavy atom. The summed E-state index contributed by atoms with van der Waals surface area (Å²) < 4.78 is 5.12. The van der Waals surface area contributed by atoms with Crippen LogP contribution in [0, 0.1) is 19.3 Å². The summed E-state index contributed by atoms with van der Waals surface area (Å²) in [5.74, 6) is 0.973. The van der Waals surface area contributed by atoms with Crippen molar-refractivity contribution in [2.24, 2.45) is 5.41 Å². The van der Waals surface area contributed by atoms with E-state index in [4.69, 9.17) is 4.52 Å². The van der Waals surface area contributed by atoms with Crippen LogP contribution in [-0.2, 0) is 11.2 Å². The van der Waals surface area contributed by atoms with E-state index in [0.29, 0.717) is 11.8 Å². The molecule has 2 fully saturated rings. The van der Waals surface area contributed by atoms with Gasteiger partial charge in [-0.15, -0.1) is 0 Å². The molecule has 1 aromatic rings. The normalized spacial score (nSPS) is 26.5. The molecular weight excluding hydrogens is 242 g/mol. The van der Waals surface area contributed by atoms with Crippen LogP contribution < -0.4 is 5.32 Å². The molecule has 0 radical (unpaired) electrons. The van der Waals surface area contributed by atoms with Gasteiger partial charge in [0.2, 0.25) is 5.91 Å². The highest BCUT2D eigenvalue weighted by atomic mass is 16.5. The monoisotopic (exact) mass is 263 g/mol. The Balaban J connectivity index is 1.66. The first-order valence-electron chi connectivity index (χ1n) is 7.00. The van der Waals surface area contributed by atoms with Crippen molar-refractivity contribution in [3.63, 3.8) is 0 Å². The number of carbonyl (C=O) groups is 1. The van der Waals surface area contributed by atoms with Crippen LogP contribution in [0.25, 0.3) is 0 Å². The predicted molar refractivity (Wildman–Crippen MR) is 70.8 cm³/mol. The van der Waals surface area contributed by atoms with Gasteiger partial charge in [0.25, 0.3) is 0 Å². The Kier molecular flexibility index (Phi) is 3.09. The number of rotatable bonds is 2. The highest BCUT2D eigenvalue weighted by Gasteiger charge is 2.41. The summed E-state index contributed by atoms with van der Waals surface area (Å²) in [7, 11) is 0. The molecular formula is C14H21N3O2. The molecule has 0 bridgehead atoms. The van der Waals surface area contributed by atoms with Crippen LogP contribution in [0.3, 0.4) is 0 Å². The minimum Gasteiger partial charge on any atom is -0.361 e. The SMILES string of the molecule is Cc1noc(C)c1CC(=O)N1CCC2(CCNC2)C1. The van der Waals surface area contributed by atoms with Crippen molar-refractivity contribution in [2.75, 3.05) is 26.2 Å². The third-order valence-corrected chi connectivity index (χ3v) is 4.63. The maximum Gasteiger partial charge on any atom is 0.227 e. The van der Waals surface area contributed by atoms with Crippen molar-refractivity contribution in [3.8, 4) is 0 Å². The summed E-state index contributed by atoms with van der Waals surface area (Å²) in [4.78, 5) is 14.4. The molecule has 2 aliphatic heterocycles. The van der Waals surface area contributed by atoms with Crippen molar-refractivity contribution < 1.29 is 9.32 Å². The first-order valence-corrected chi connectivity index (χ1v) is 7.00. The molecule has 19 heavy (non-hydrogen) atoms. The lowest BCUT2D eigenvalue weighted by molar-refractivity contribution is -0.129. The van der Waals surface area contributed by atoms with E-state index in [-0.39, 0.29) is 5.91 Å². The van der Waals surface area contributed by atoms with Crippen LogP contribution >= 0.6 is 0 Å². The smallest absolute Gasteiger partial charge is 0.227 e. The van der Waals surface area contributed by atoms with Crippen LogP contribution in [-0.4, -0.2) is 42.1 Å². The molecule has 5 heteroatoms. The zero-order valence-electron chi connectivity index (χ0n) is 11.7. The van der Waals surface area contributed by atoms with Crippen LogP contribution in [0.4, 0.5) is 0 Å². The standard InChI is InChI=1S/C14H21N3O2/c1-10-12(11(2)19-16-10)7-13(18)17-6-4-14(9-17)3-5-15-8-14/h15H,3-9H2,1-2H3. The van der Waals surface area contributed by atoms with E-state index in [2.05, 4.69) is 10.5 Å². The van der Waals surface area contributed by atoms with Gasteiger partial charge in [0.1, 0.15) is 5.76 Å². The highest BCUT2D eigenvalue weighted by Crippen LogP contribution is 2.36. The molecule has 1 atom stereocenters. The van der Waals surface area contributed by atoms with Gasteiger partial charge in [-0.3, -0.25) is 4.79 Å². The second-order valence-corrected chi connectivity index (χ2v) is 5.97. The van der Waals surface area contributed by atoms with Crippen molar-refractivity contribution in [3.05, 3.63) is 17.0 Å². The molecule has 1 spiro atoms. The molecule has 2 saturated heterocycles. The average Bonchev–Trinajstić information content (AvgIpc) is 3.09. The Hall–Kier alpha value is -1.36. The first kappa shape index (κ1) is 12.7. The molecule has 0 saturated carbocycles. The fraction of sp³-hybridized carbons (Fsp3) is 0.714. The minimum atomic E-state index is 0.207. The zero-order valence-corrected chi connectivity index (χ0v) is 11.7. The number of likely N-dealkylation sites (tertiary alicyclic amines) is 1. The average molecular weight is 263 g/mol. The third kappa shape index (κ3) is 2.27. The lowest BCUT2D eigenvalue weighted by atomic mass is 9.86. The zero-order chi connectivity index (χ0) is 13.5. The predicted octanol–water partition coefficient (Wildman–Crippen LogP) is 1.05. The second kappa shape index (κ2) is 4.63. The van der Waals surface area contributed by atoms with Gasteiger partial charge < -0.3 is 14.7 Å². The Morgan fingerprint density at radius 2 is 2.32 bits per heavy atom. The van der Waals surface area contributed by atoms with Gasteiger partial charge in [-0.2, -0.15) is 0 Å². The third-order valence-electron chi connectivity index (χ3n) is 4.63. The molecule has 1 aromatic heterocycles. The van der Waals surface area contributed by atoms with E-state index < -0.39 is 0 Å². The van der Waals surface area contributed by atoms with Gasteiger partial charge >= 0.3 is 0 Å². The summed E-state index contributed by atoms with van der Waals surface area (Å²) >= 11 is 0. The number of carbonyl (C=O) groups excluding carboxylic acids is 1. The van der Waals surface area contributed by atoms with Crippen LogP contribution in [0.5, 0.6) is 0 Å². The summed E-state index contributed by atoms with van der Waals surface area (Å²) in [6, 6.07) is 0. The van der Waals surface area contributed by atoms with Crippen molar-refractivity contribution in [1.29, 1.82) is 0 Å². The molecule has 5 nitrogen and oxygen atoms in total. The quantitative estimate of drug-likeness (QED) is 0.866. The molecule has 1 N–H and O–H groups in total. The Morgan fingerprint density at radius 3 is 2.95 bits per heavy atom. The van der Waals surface area contributed by atoms with Crippen LogP contribution in [0.1, 0.15) is 29.9 Å². The lowest BCUT2D eigenvalue weighted by Gasteiger charge is -2.22. The van der Waals surface area contributed by atoms with Crippen LogP contribution in [0.15, 0.2) is 4.52 Å². The summed E-state index contributed by atoms with van der Waals surface area (Å²) in [5.41, 5.74) is 2.13. The topological polar surface area (TPSA) is 58.4 Å². The van der Waals surface area contributed by atoms with Crippen LogP contribution in [0.2, 0.25) is 0 Å². The minimum absolute atomic E-state index is 0.207. The number of hydrogen-bond donors (Lipinski definition) is 1. The molecule has 0 aromatic carbocycles. The number of nitrogens with zero attached hydrogens (tertiary/aromatic N) is 2.